The van der Waals surface area contributed by atoms with Gasteiger partial charge in [0.05, 0.1) is 0 Å². The molecule has 0 rings (SSSR count). The smallest absolute Gasteiger partial charge is 0.270 e. The standard InChI is InChI=1S/C9H16I2O2/c10-6-4-2-1-3-5-8(11)7-9(12)13/h7-8,12-13H,1-6H2. The van der Waals surface area contributed by atoms with Crippen molar-refractivity contribution in [1.82, 2.24) is 0 Å². The van der Waals surface area contributed by atoms with Gasteiger partial charge in [-0.2, -0.15) is 0 Å². The Morgan fingerprint density at radius 1 is 1.15 bits per heavy atom. The molecular weight excluding hydrogens is 394 g/mol. The lowest BCUT2D eigenvalue weighted by atomic mass is 10.1. The van der Waals surface area contributed by atoms with Crippen LogP contribution in [0.25, 0.3) is 0 Å². The molecule has 0 fully saturated rings. The van der Waals surface area contributed by atoms with Crippen molar-refractivity contribution in [3.05, 3.63) is 12.0 Å². The Kier molecular flexibility index (Phi) is 9.93. The molecule has 0 aliphatic heterocycles. The molecule has 0 aromatic carbocycles. The Morgan fingerprint density at radius 3 is 2.31 bits per heavy atom. The number of halogens is 2. The van der Waals surface area contributed by atoms with Gasteiger partial charge in [-0.05, 0) is 17.3 Å². The Morgan fingerprint density at radius 2 is 1.77 bits per heavy atom. The van der Waals surface area contributed by atoms with Crippen LogP contribution in [-0.2, 0) is 0 Å². The molecule has 0 radical (unpaired) electrons. The first kappa shape index (κ1) is 13.8. The quantitative estimate of drug-likeness (QED) is 0.287. The predicted octanol–water partition coefficient (Wildman–Crippen LogP) is 4.13. The Labute approximate surface area is 107 Å². The molecule has 1 atom stereocenters. The summed E-state index contributed by atoms with van der Waals surface area (Å²) in [6.45, 7) is 0. The minimum Gasteiger partial charge on any atom is -0.481 e. The maximum atomic E-state index is 8.57. The van der Waals surface area contributed by atoms with E-state index in [1.54, 1.807) is 0 Å². The summed E-state index contributed by atoms with van der Waals surface area (Å²) < 4.78 is 1.49. The minimum atomic E-state index is -0.549. The van der Waals surface area contributed by atoms with Gasteiger partial charge in [-0.1, -0.05) is 64.4 Å². The number of aliphatic hydroxyl groups is 2. The molecule has 78 valence electrons. The van der Waals surface area contributed by atoms with Gasteiger partial charge >= 0.3 is 0 Å². The second kappa shape index (κ2) is 9.36. The molecule has 13 heavy (non-hydrogen) atoms. The van der Waals surface area contributed by atoms with Crippen molar-refractivity contribution in [2.24, 2.45) is 0 Å². The average molecular weight is 410 g/mol. The number of allylic oxidation sites excluding steroid dienone is 1. The van der Waals surface area contributed by atoms with Crippen LogP contribution in [0.3, 0.4) is 0 Å². The van der Waals surface area contributed by atoms with Crippen LogP contribution in [0.15, 0.2) is 12.0 Å². The predicted molar refractivity (Wildman–Crippen MR) is 73.1 cm³/mol. The molecule has 4 heteroatoms. The highest BCUT2D eigenvalue weighted by atomic mass is 127. The van der Waals surface area contributed by atoms with E-state index in [-0.39, 0.29) is 3.92 Å². The first-order valence-electron chi connectivity index (χ1n) is 4.46. The maximum Gasteiger partial charge on any atom is 0.270 e. The van der Waals surface area contributed by atoms with Crippen LogP contribution in [0, 0.1) is 0 Å². The van der Waals surface area contributed by atoms with E-state index in [9.17, 15) is 0 Å². The highest BCUT2D eigenvalue weighted by molar-refractivity contribution is 14.1. The number of hydrogen-bond donors (Lipinski definition) is 2. The molecule has 0 heterocycles. The molecule has 2 nitrogen and oxygen atoms in total. The molecule has 0 aliphatic carbocycles. The van der Waals surface area contributed by atoms with Gasteiger partial charge in [0, 0.05) is 10.0 Å². The van der Waals surface area contributed by atoms with E-state index < -0.39 is 5.95 Å². The van der Waals surface area contributed by atoms with Crippen LogP contribution in [0.5, 0.6) is 0 Å². The van der Waals surface area contributed by atoms with Crippen molar-refractivity contribution in [3.63, 3.8) is 0 Å². The van der Waals surface area contributed by atoms with Gasteiger partial charge in [0.2, 0.25) is 0 Å². The molecule has 0 bridgehead atoms. The third kappa shape index (κ3) is 10.7. The van der Waals surface area contributed by atoms with Gasteiger partial charge in [-0.25, -0.2) is 0 Å². The molecule has 0 aliphatic rings. The molecule has 0 aromatic heterocycles. The van der Waals surface area contributed by atoms with E-state index in [0.717, 1.165) is 6.42 Å². The summed E-state index contributed by atoms with van der Waals surface area (Å²) in [5.74, 6) is -0.549. The van der Waals surface area contributed by atoms with Crippen molar-refractivity contribution in [2.45, 2.75) is 36.0 Å². The fourth-order valence-electron chi connectivity index (χ4n) is 1.03. The first-order valence-corrected chi connectivity index (χ1v) is 7.23. The van der Waals surface area contributed by atoms with Crippen LogP contribution in [0.4, 0.5) is 0 Å². The monoisotopic (exact) mass is 410 g/mol. The van der Waals surface area contributed by atoms with E-state index in [0.29, 0.717) is 0 Å². The van der Waals surface area contributed by atoms with E-state index >= 15 is 0 Å². The van der Waals surface area contributed by atoms with E-state index in [1.165, 1.54) is 36.2 Å². The normalized spacial score (nSPS) is 12.5. The van der Waals surface area contributed by atoms with Crippen LogP contribution in [0.2, 0.25) is 0 Å². The van der Waals surface area contributed by atoms with Gasteiger partial charge in [0.1, 0.15) is 0 Å². The number of aliphatic hydroxyl groups excluding tert-OH is 1. The maximum absolute atomic E-state index is 8.57. The fourth-order valence-corrected chi connectivity index (χ4v) is 2.33. The summed E-state index contributed by atoms with van der Waals surface area (Å²) >= 11 is 4.61. The van der Waals surface area contributed by atoms with Crippen LogP contribution >= 0.6 is 45.2 Å². The van der Waals surface area contributed by atoms with Crippen molar-refractivity contribution >= 4 is 45.2 Å². The zero-order chi connectivity index (χ0) is 10.1. The number of alkyl halides is 2. The van der Waals surface area contributed by atoms with Crippen LogP contribution in [0.1, 0.15) is 32.1 Å². The van der Waals surface area contributed by atoms with Crippen LogP contribution in [-0.4, -0.2) is 18.6 Å². The van der Waals surface area contributed by atoms with Gasteiger partial charge in [0.15, 0.2) is 0 Å². The third-order valence-corrected chi connectivity index (χ3v) is 3.44. The van der Waals surface area contributed by atoms with Crippen molar-refractivity contribution in [2.75, 3.05) is 4.43 Å². The van der Waals surface area contributed by atoms with E-state index in [1.807, 2.05) is 0 Å². The van der Waals surface area contributed by atoms with Crippen molar-refractivity contribution < 1.29 is 10.2 Å². The number of unbranched alkanes of at least 4 members (excludes halogenated alkanes) is 3. The lowest BCUT2D eigenvalue weighted by molar-refractivity contribution is 0.189. The third-order valence-electron chi connectivity index (χ3n) is 1.69. The second-order valence-electron chi connectivity index (χ2n) is 2.93. The molecule has 0 saturated heterocycles. The topological polar surface area (TPSA) is 40.5 Å². The van der Waals surface area contributed by atoms with Gasteiger partial charge in [-0.15, -0.1) is 0 Å². The zero-order valence-electron chi connectivity index (χ0n) is 7.55. The summed E-state index contributed by atoms with van der Waals surface area (Å²) in [5.41, 5.74) is 0. The Hall–Kier alpha value is 0.800. The summed E-state index contributed by atoms with van der Waals surface area (Å²) in [5, 5.41) is 17.1. The number of hydrogen-bond acceptors (Lipinski definition) is 2. The van der Waals surface area contributed by atoms with Crippen molar-refractivity contribution in [1.29, 1.82) is 0 Å². The van der Waals surface area contributed by atoms with Gasteiger partial charge in [-0.3, -0.25) is 0 Å². The van der Waals surface area contributed by atoms with Crippen molar-refractivity contribution in [3.8, 4) is 0 Å². The van der Waals surface area contributed by atoms with E-state index in [4.69, 9.17) is 10.2 Å². The number of rotatable bonds is 7. The van der Waals surface area contributed by atoms with Gasteiger partial charge < -0.3 is 10.2 Å². The molecule has 2 N–H and O–H groups in total. The molecule has 0 saturated carbocycles. The van der Waals surface area contributed by atoms with E-state index in [2.05, 4.69) is 45.2 Å². The average Bonchev–Trinajstić information content (AvgIpc) is 2.02. The Bertz CT molecular complexity index is 145. The summed E-state index contributed by atoms with van der Waals surface area (Å²) in [6.07, 6.45) is 7.54. The lowest BCUT2D eigenvalue weighted by Gasteiger charge is -2.03. The highest BCUT2D eigenvalue weighted by Gasteiger charge is 2.01. The fraction of sp³-hybridized carbons (Fsp3) is 0.778. The summed E-state index contributed by atoms with van der Waals surface area (Å²) in [7, 11) is 0. The summed E-state index contributed by atoms with van der Waals surface area (Å²) in [6, 6.07) is 0. The molecule has 0 aromatic rings. The zero-order valence-corrected chi connectivity index (χ0v) is 11.9. The summed E-state index contributed by atoms with van der Waals surface area (Å²) in [4.78, 5) is 0. The Balaban J connectivity index is 3.27. The largest absolute Gasteiger partial charge is 0.481 e. The lowest BCUT2D eigenvalue weighted by Crippen LogP contribution is -1.95. The minimum absolute atomic E-state index is 0.252. The molecule has 0 amide bonds. The highest BCUT2D eigenvalue weighted by Crippen LogP contribution is 2.14. The molecular formula is C9H16I2O2. The molecule has 1 unspecified atom stereocenters. The second-order valence-corrected chi connectivity index (χ2v) is 5.61. The van der Waals surface area contributed by atoms with Crippen LogP contribution < -0.4 is 0 Å². The molecule has 0 spiro atoms. The SMILES string of the molecule is OC(O)=CC(I)CCCCCCI. The first-order chi connectivity index (χ1) is 6.16. The van der Waals surface area contributed by atoms with Gasteiger partial charge in [0.25, 0.3) is 5.95 Å².